The maximum Gasteiger partial charge on any atom is 0.343 e. The van der Waals surface area contributed by atoms with Crippen LogP contribution in [0.25, 0.3) is 22.3 Å². The molecule has 0 fully saturated rings. The van der Waals surface area contributed by atoms with Crippen molar-refractivity contribution in [3.8, 4) is 56.8 Å². The number of esters is 6. The highest BCUT2D eigenvalue weighted by molar-refractivity contribution is 5.91. The van der Waals surface area contributed by atoms with Gasteiger partial charge in [0, 0.05) is 0 Å². The lowest BCUT2D eigenvalue weighted by Gasteiger charge is -2.27. The van der Waals surface area contributed by atoms with Crippen molar-refractivity contribution in [3.05, 3.63) is 335 Å². The third-order valence-corrected chi connectivity index (χ3v) is 25.7. The van der Waals surface area contributed by atoms with Gasteiger partial charge in [-0.3, -0.25) is 19.2 Å². The first-order valence-corrected chi connectivity index (χ1v) is 52.3. The van der Waals surface area contributed by atoms with Crippen molar-refractivity contribution >= 4 is 35.8 Å². The number of carbonyl (C=O) groups is 6. The second-order valence-electron chi connectivity index (χ2n) is 42.7. The third kappa shape index (κ3) is 51.0. The minimum absolute atomic E-state index is 0.113. The molecule has 146 heavy (non-hydrogen) atoms. The molecule has 0 saturated heterocycles. The van der Waals surface area contributed by atoms with Crippen LogP contribution in [0.5, 0.6) is 34.5 Å². The minimum atomic E-state index is -0.537. The highest BCUT2D eigenvalue weighted by atomic mass is 16.6. The number of carbonyl (C=O) groups excluding carboxylic acids is 6. The Morgan fingerprint density at radius 1 is 0.247 bits per heavy atom. The molecule has 0 aliphatic carbocycles. The molecular weight excluding hydrogens is 1820 g/mol. The summed E-state index contributed by atoms with van der Waals surface area (Å²) < 4.78 is 36.9. The Balaban J connectivity index is 0.000000557. The van der Waals surface area contributed by atoms with E-state index in [2.05, 4.69) is 203 Å². The van der Waals surface area contributed by atoms with Gasteiger partial charge in [0.05, 0.1) is 39.9 Å². The number of hydrogen-bond donors (Lipinski definition) is 3. The Morgan fingerprint density at radius 3 is 0.733 bits per heavy atom. The number of rotatable bonds is 29. The van der Waals surface area contributed by atoms with E-state index in [9.17, 15) is 28.8 Å². The smallest absolute Gasteiger partial charge is 0.343 e. The lowest BCUT2D eigenvalue weighted by atomic mass is 9.90. The molecule has 16 nitrogen and oxygen atoms in total. The maximum absolute atomic E-state index is 12.0. The van der Waals surface area contributed by atoms with Crippen molar-refractivity contribution in [2.24, 2.45) is 21.7 Å². The first kappa shape index (κ1) is 129. The predicted octanol–water partition coefficient (Wildman–Crippen LogP) is 35.6. The average Bonchev–Trinajstić information content (AvgIpc) is 0.848. The summed E-state index contributed by atoms with van der Waals surface area (Å²) >= 11 is 0. The van der Waals surface area contributed by atoms with Crippen LogP contribution < -0.4 is 14.2 Å². The molecule has 16 heteroatoms. The molecule has 6 unspecified atom stereocenters. The molecule has 11 aromatic rings. The normalized spacial score (nSPS) is 12.3. The summed E-state index contributed by atoms with van der Waals surface area (Å²) in [5.74, 6) is 5.06. The van der Waals surface area contributed by atoms with E-state index in [4.69, 9.17) is 43.7 Å². The summed E-state index contributed by atoms with van der Waals surface area (Å²) in [5, 5.41) is 27.0. The SMILES string of the molecule is CCC(C)(C)C(=O)OC(C)(C)C.CCC(C)(C)C(=O)OC(C)(C)C.CCC(C)(C)C(=O)OC(C)(C)C.CCC(C)(C)C(=O)Oc1ccc(C(=O)Oc2ccccc2)cc1.CCC(C)c1ccc(-c2ccccc2)cc1.CCC(C)c1ccc(C(=O)OC)cc1.CCC(C)c1ccc(COc2ccc(-c3ccccc3)cc2)cc1.CCC(C)c1ccc(O)cc1.CCC(C)c1ccc(O)cc1.CCC(C)c1ccc(O)cc1. The lowest BCUT2D eigenvalue weighted by molar-refractivity contribution is -0.166. The van der Waals surface area contributed by atoms with Crippen LogP contribution in [0.3, 0.4) is 0 Å². The fourth-order valence-corrected chi connectivity index (χ4v) is 12.4. The van der Waals surface area contributed by atoms with Crippen LogP contribution in [0, 0.1) is 21.7 Å². The Morgan fingerprint density at radius 2 is 0.466 bits per heavy atom. The molecule has 0 aromatic heterocycles. The van der Waals surface area contributed by atoms with E-state index in [1.54, 1.807) is 84.9 Å². The summed E-state index contributed by atoms with van der Waals surface area (Å²) in [6.45, 7) is 66.9. The number of methoxy groups -OCH3 is 1. The minimum Gasteiger partial charge on any atom is -0.508 e. The highest BCUT2D eigenvalue weighted by Gasteiger charge is 2.34. The molecule has 0 heterocycles. The molecule has 796 valence electrons. The predicted molar refractivity (Wildman–Crippen MR) is 606 cm³/mol. The molecule has 0 aliphatic rings. The van der Waals surface area contributed by atoms with Crippen molar-refractivity contribution in [1.29, 1.82) is 0 Å². The van der Waals surface area contributed by atoms with Gasteiger partial charge in [0.15, 0.2) is 0 Å². The van der Waals surface area contributed by atoms with Crippen LogP contribution in [0.1, 0.15) is 388 Å². The summed E-state index contributed by atoms with van der Waals surface area (Å²) in [6.07, 6.45) is 10.0. The zero-order valence-electron chi connectivity index (χ0n) is 95.0. The van der Waals surface area contributed by atoms with Gasteiger partial charge in [-0.1, -0.05) is 299 Å². The van der Waals surface area contributed by atoms with Crippen molar-refractivity contribution in [1.82, 2.24) is 0 Å². The molecular formula is C130H180O16. The molecule has 0 saturated carbocycles. The molecule has 3 N–H and O–H groups in total. The monoisotopic (exact) mass is 2000 g/mol. The van der Waals surface area contributed by atoms with Gasteiger partial charge in [0.1, 0.15) is 57.9 Å². The molecule has 6 atom stereocenters. The number of phenols is 3. The van der Waals surface area contributed by atoms with Crippen LogP contribution in [0.15, 0.2) is 285 Å². The van der Waals surface area contributed by atoms with Crippen LogP contribution in [-0.2, 0) is 44.7 Å². The number of aromatic hydroxyl groups is 3. The van der Waals surface area contributed by atoms with E-state index in [1.807, 2.05) is 230 Å². The van der Waals surface area contributed by atoms with Crippen molar-refractivity contribution < 1.29 is 77.2 Å². The van der Waals surface area contributed by atoms with Gasteiger partial charge in [0.2, 0.25) is 0 Å². The van der Waals surface area contributed by atoms with Gasteiger partial charge in [-0.15, -0.1) is 0 Å². The fourth-order valence-electron chi connectivity index (χ4n) is 12.4. The van der Waals surface area contributed by atoms with E-state index in [1.165, 1.54) is 81.1 Å². The quantitative estimate of drug-likeness (QED) is 0.0225. The zero-order chi connectivity index (χ0) is 110. The fraction of sp³-hybridized carbons (Fsp3) is 0.446. The summed E-state index contributed by atoms with van der Waals surface area (Å²) in [7, 11) is 1.39. The van der Waals surface area contributed by atoms with Gasteiger partial charge in [-0.05, 0) is 376 Å². The van der Waals surface area contributed by atoms with Crippen molar-refractivity contribution in [3.63, 3.8) is 0 Å². The molecule has 0 spiro atoms. The van der Waals surface area contributed by atoms with E-state index in [-0.39, 0.29) is 62.9 Å². The van der Waals surface area contributed by atoms with Crippen LogP contribution in [-0.4, -0.2) is 75.0 Å². The third-order valence-electron chi connectivity index (χ3n) is 25.7. The van der Waals surface area contributed by atoms with Gasteiger partial charge in [-0.25, -0.2) is 9.59 Å². The van der Waals surface area contributed by atoms with Crippen molar-refractivity contribution in [2.45, 2.75) is 352 Å². The van der Waals surface area contributed by atoms with Gasteiger partial charge in [0.25, 0.3) is 0 Å². The summed E-state index contributed by atoms with van der Waals surface area (Å²) in [5.41, 5.74) is 12.5. The van der Waals surface area contributed by atoms with Crippen LogP contribution >= 0.6 is 0 Å². The average molecular weight is 2000 g/mol. The van der Waals surface area contributed by atoms with E-state index >= 15 is 0 Å². The Labute approximate surface area is 880 Å². The molecule has 0 aliphatic heterocycles. The highest BCUT2D eigenvalue weighted by Crippen LogP contribution is 2.33. The molecule has 0 amide bonds. The Bertz CT molecular complexity index is 5240. The first-order valence-electron chi connectivity index (χ1n) is 52.3. The van der Waals surface area contributed by atoms with E-state index < -0.39 is 11.4 Å². The number of hydrogen-bond acceptors (Lipinski definition) is 16. The van der Waals surface area contributed by atoms with Crippen LogP contribution in [0.4, 0.5) is 0 Å². The van der Waals surface area contributed by atoms with Gasteiger partial charge in [-0.2, -0.15) is 0 Å². The molecule has 0 bridgehead atoms. The summed E-state index contributed by atoms with van der Waals surface area (Å²) in [4.78, 5) is 69.6. The second-order valence-corrected chi connectivity index (χ2v) is 42.7. The second kappa shape index (κ2) is 65.1. The Kier molecular flexibility index (Phi) is 57.8. The zero-order valence-corrected chi connectivity index (χ0v) is 95.0. The van der Waals surface area contributed by atoms with Gasteiger partial charge < -0.3 is 48.5 Å². The summed E-state index contributed by atoms with van der Waals surface area (Å²) in [6, 6.07) is 91.9. The molecule has 11 aromatic carbocycles. The van der Waals surface area contributed by atoms with Gasteiger partial charge >= 0.3 is 35.8 Å². The number of para-hydroxylation sites is 1. The lowest BCUT2D eigenvalue weighted by Crippen LogP contribution is -2.33. The van der Waals surface area contributed by atoms with E-state index in [0.717, 1.165) is 50.7 Å². The topological polar surface area (TPSA) is 228 Å². The van der Waals surface area contributed by atoms with Crippen molar-refractivity contribution in [2.75, 3.05) is 7.11 Å². The largest absolute Gasteiger partial charge is 0.508 e. The molecule has 11 rings (SSSR count). The Hall–Kier alpha value is -12.6. The van der Waals surface area contributed by atoms with Crippen LogP contribution in [0.2, 0.25) is 0 Å². The maximum atomic E-state index is 12.0. The number of benzene rings is 11. The van der Waals surface area contributed by atoms with E-state index in [0.29, 0.717) is 88.4 Å². The number of ether oxygens (including phenoxy) is 7. The standard InChI is InChI=1S/C23H24O.C19H20O4.C16H18.C12H16O2.3C10H20O2.3C10H14O/c1-3-18(2)20-11-9-19(10-12-20)17-24-23-15-13-22(14-16-23)21-7-5-4-6-8-21;1-4-19(2,3)18(21)23-16-12-10-14(11-13-16)17(20)22-15-8-6-5-7-9-15;1-3-13(2)14-9-11-16(12-10-14)15-7-5-4-6-8-15;1-4-9(2)10-5-7-11(8-6-10)12(13)14-3;3*1-7-10(5,6)8(11)12-9(2,3)4;3*1-3-8(2)9-4-6-10(11)7-5-9/h4-16,18H,3,17H2,1-2H3;5-13H,4H2,1-3H3;4-13H,3H2,1-2H3;5-9H,4H2,1-3H3;3*7H2,1-6H3;3*4-8,11H,3H2,1-2H3. The first-order chi connectivity index (χ1) is 68.4. The number of phenolic OH excluding ortho intramolecular Hbond substituents is 3. The molecule has 0 radical (unpaired) electrons.